The molecule has 5 nitrogen and oxygen atoms in total. The summed E-state index contributed by atoms with van der Waals surface area (Å²) in [5.74, 6) is -0.333. The fourth-order valence-corrected chi connectivity index (χ4v) is 3.08. The molecular formula is C19H29N3O2. The average molecular weight is 331 g/mol. The molecule has 0 aromatic heterocycles. The van der Waals surface area contributed by atoms with Crippen molar-refractivity contribution < 1.29 is 9.59 Å². The topological polar surface area (TPSA) is 61.4 Å². The Morgan fingerprint density at radius 2 is 2.08 bits per heavy atom. The van der Waals surface area contributed by atoms with Crippen LogP contribution >= 0.6 is 0 Å². The summed E-state index contributed by atoms with van der Waals surface area (Å²) in [6.07, 6.45) is 2.31. The maximum absolute atomic E-state index is 12.6. The van der Waals surface area contributed by atoms with Crippen LogP contribution in [0.15, 0.2) is 18.2 Å². The van der Waals surface area contributed by atoms with Gasteiger partial charge in [-0.1, -0.05) is 32.4 Å². The molecule has 1 fully saturated rings. The van der Waals surface area contributed by atoms with Crippen molar-refractivity contribution in [1.82, 2.24) is 10.2 Å². The Morgan fingerprint density at radius 1 is 1.33 bits per heavy atom. The number of benzene rings is 1. The molecule has 0 unspecified atom stereocenters. The average Bonchev–Trinajstić information content (AvgIpc) is 3.01. The number of carbonyl (C=O) groups is 2. The van der Waals surface area contributed by atoms with E-state index >= 15 is 0 Å². The van der Waals surface area contributed by atoms with Crippen molar-refractivity contribution in [2.75, 3.05) is 25.0 Å². The molecule has 0 radical (unpaired) electrons. The van der Waals surface area contributed by atoms with Crippen molar-refractivity contribution in [3.05, 3.63) is 29.3 Å². The van der Waals surface area contributed by atoms with E-state index in [0.29, 0.717) is 23.8 Å². The van der Waals surface area contributed by atoms with Crippen LogP contribution in [0, 0.1) is 12.8 Å². The van der Waals surface area contributed by atoms with Crippen molar-refractivity contribution >= 4 is 17.5 Å². The third-order valence-corrected chi connectivity index (χ3v) is 4.61. The lowest BCUT2D eigenvalue weighted by molar-refractivity contribution is -0.118. The molecule has 24 heavy (non-hydrogen) atoms. The zero-order valence-corrected chi connectivity index (χ0v) is 15.2. The summed E-state index contributed by atoms with van der Waals surface area (Å²) in [6.45, 7) is 10.5. The number of amides is 2. The van der Waals surface area contributed by atoms with Gasteiger partial charge in [-0.25, -0.2) is 0 Å². The molecule has 132 valence electrons. The number of rotatable bonds is 6. The van der Waals surface area contributed by atoms with Gasteiger partial charge in [0.15, 0.2) is 0 Å². The van der Waals surface area contributed by atoms with Gasteiger partial charge in [-0.3, -0.25) is 14.5 Å². The summed E-state index contributed by atoms with van der Waals surface area (Å²) in [4.78, 5) is 27.0. The first kappa shape index (κ1) is 18.5. The molecule has 1 aliphatic rings. The predicted molar refractivity (Wildman–Crippen MR) is 97.2 cm³/mol. The Labute approximate surface area is 144 Å². The predicted octanol–water partition coefficient (Wildman–Crippen LogP) is 2.80. The van der Waals surface area contributed by atoms with Gasteiger partial charge in [0.05, 0.1) is 11.3 Å². The number of nitrogens with zero attached hydrogens (tertiary/aromatic N) is 1. The second-order valence-corrected chi connectivity index (χ2v) is 6.83. The number of aryl methyl sites for hydroxylation is 1. The summed E-state index contributed by atoms with van der Waals surface area (Å²) < 4.78 is 0. The zero-order chi connectivity index (χ0) is 17.7. The van der Waals surface area contributed by atoms with Crippen LogP contribution in [0.4, 0.5) is 5.69 Å². The van der Waals surface area contributed by atoms with Crippen LogP contribution < -0.4 is 10.6 Å². The lowest BCUT2D eigenvalue weighted by Crippen LogP contribution is -2.40. The first-order chi connectivity index (χ1) is 11.4. The van der Waals surface area contributed by atoms with Gasteiger partial charge in [0.2, 0.25) is 5.91 Å². The highest BCUT2D eigenvalue weighted by Gasteiger charge is 2.24. The normalized spacial score (nSPS) is 18.0. The number of likely N-dealkylation sites (tertiary alicyclic amines) is 1. The number of carbonyl (C=O) groups excluding carboxylic acids is 2. The first-order valence-corrected chi connectivity index (χ1v) is 8.86. The molecule has 0 spiro atoms. The standard InChI is InChI=1S/C19H29N3O2/c1-5-22-10-6-7-15(22)12-20-19(24)16-11-14(4)8-9-17(16)21-18(23)13(2)3/h8-9,11,13,15H,5-7,10,12H2,1-4H3,(H,20,24)(H,21,23)/t15-/m1/s1. The molecule has 2 N–H and O–H groups in total. The maximum Gasteiger partial charge on any atom is 0.253 e. The Bertz CT molecular complexity index is 598. The van der Waals surface area contributed by atoms with E-state index in [1.165, 1.54) is 6.42 Å². The van der Waals surface area contributed by atoms with Crippen LogP contribution in [0.25, 0.3) is 0 Å². The first-order valence-electron chi connectivity index (χ1n) is 8.86. The molecule has 2 amide bonds. The largest absolute Gasteiger partial charge is 0.350 e. The van der Waals surface area contributed by atoms with Gasteiger partial charge in [-0.05, 0) is 45.0 Å². The van der Waals surface area contributed by atoms with E-state index in [-0.39, 0.29) is 17.7 Å². The number of hydrogen-bond donors (Lipinski definition) is 2. The summed E-state index contributed by atoms with van der Waals surface area (Å²) in [5.41, 5.74) is 2.11. The molecule has 1 aromatic carbocycles. The molecule has 0 bridgehead atoms. The van der Waals surface area contributed by atoms with Gasteiger partial charge in [-0.15, -0.1) is 0 Å². The Hall–Kier alpha value is -1.88. The minimum absolute atomic E-state index is 0.0825. The Balaban J connectivity index is 2.07. The molecule has 1 aliphatic heterocycles. The van der Waals surface area contributed by atoms with Crippen LogP contribution in [0.5, 0.6) is 0 Å². The minimum Gasteiger partial charge on any atom is -0.350 e. The van der Waals surface area contributed by atoms with Crippen molar-refractivity contribution in [2.45, 2.75) is 46.6 Å². The van der Waals surface area contributed by atoms with Crippen LogP contribution in [0.3, 0.4) is 0 Å². The van der Waals surface area contributed by atoms with Gasteiger partial charge in [0.25, 0.3) is 5.91 Å². The lowest BCUT2D eigenvalue weighted by Gasteiger charge is -2.23. The van der Waals surface area contributed by atoms with Crippen LogP contribution in [-0.4, -0.2) is 42.4 Å². The van der Waals surface area contributed by atoms with E-state index in [1.807, 2.05) is 32.9 Å². The summed E-state index contributed by atoms with van der Waals surface area (Å²) in [5, 5.41) is 5.90. The van der Waals surface area contributed by atoms with Crippen molar-refractivity contribution in [1.29, 1.82) is 0 Å². The molecule has 1 saturated heterocycles. The monoisotopic (exact) mass is 331 g/mol. The number of nitrogens with one attached hydrogen (secondary N) is 2. The lowest BCUT2D eigenvalue weighted by atomic mass is 10.1. The third kappa shape index (κ3) is 4.57. The zero-order valence-electron chi connectivity index (χ0n) is 15.2. The molecule has 5 heteroatoms. The highest BCUT2D eigenvalue weighted by atomic mass is 16.2. The maximum atomic E-state index is 12.6. The summed E-state index contributed by atoms with van der Waals surface area (Å²) in [6, 6.07) is 5.95. The Morgan fingerprint density at radius 3 is 2.75 bits per heavy atom. The fraction of sp³-hybridized carbons (Fsp3) is 0.579. The third-order valence-electron chi connectivity index (χ3n) is 4.61. The van der Waals surface area contributed by atoms with E-state index in [1.54, 1.807) is 6.07 Å². The van der Waals surface area contributed by atoms with Gasteiger partial charge in [-0.2, -0.15) is 0 Å². The van der Waals surface area contributed by atoms with E-state index in [0.717, 1.165) is 25.1 Å². The quantitative estimate of drug-likeness (QED) is 0.842. The van der Waals surface area contributed by atoms with E-state index < -0.39 is 0 Å². The van der Waals surface area contributed by atoms with Crippen LogP contribution in [-0.2, 0) is 4.79 Å². The molecule has 1 atom stereocenters. The van der Waals surface area contributed by atoms with Crippen LogP contribution in [0.2, 0.25) is 0 Å². The van der Waals surface area contributed by atoms with E-state index in [4.69, 9.17) is 0 Å². The molecule has 0 aliphatic carbocycles. The van der Waals surface area contributed by atoms with Crippen molar-refractivity contribution in [3.8, 4) is 0 Å². The molecule has 2 rings (SSSR count). The van der Waals surface area contributed by atoms with Crippen molar-refractivity contribution in [2.24, 2.45) is 5.92 Å². The SMILES string of the molecule is CCN1CCC[C@@H]1CNC(=O)c1cc(C)ccc1NC(=O)C(C)C. The molecule has 1 aromatic rings. The Kier molecular flexibility index (Phi) is 6.37. The van der Waals surface area contributed by atoms with E-state index in [9.17, 15) is 9.59 Å². The molecular weight excluding hydrogens is 302 g/mol. The second kappa shape index (κ2) is 8.29. The fourth-order valence-electron chi connectivity index (χ4n) is 3.08. The minimum atomic E-state index is -0.126. The van der Waals surface area contributed by atoms with E-state index in [2.05, 4.69) is 22.5 Å². The molecule has 0 saturated carbocycles. The van der Waals surface area contributed by atoms with Crippen LogP contribution in [0.1, 0.15) is 49.5 Å². The van der Waals surface area contributed by atoms with Gasteiger partial charge >= 0.3 is 0 Å². The smallest absolute Gasteiger partial charge is 0.253 e. The summed E-state index contributed by atoms with van der Waals surface area (Å²) >= 11 is 0. The summed E-state index contributed by atoms with van der Waals surface area (Å²) in [7, 11) is 0. The van der Waals surface area contributed by atoms with Crippen molar-refractivity contribution in [3.63, 3.8) is 0 Å². The second-order valence-electron chi connectivity index (χ2n) is 6.83. The number of likely N-dealkylation sites (N-methyl/N-ethyl adjacent to an activating group) is 1. The molecule has 1 heterocycles. The van der Waals surface area contributed by atoms with Gasteiger partial charge < -0.3 is 10.6 Å². The highest BCUT2D eigenvalue weighted by molar-refractivity contribution is 6.04. The van der Waals surface area contributed by atoms with Gasteiger partial charge in [0, 0.05) is 18.5 Å². The van der Waals surface area contributed by atoms with Gasteiger partial charge in [0.1, 0.15) is 0 Å². The number of anilines is 1. The number of hydrogen-bond acceptors (Lipinski definition) is 3. The highest BCUT2D eigenvalue weighted by Crippen LogP contribution is 2.19.